The van der Waals surface area contributed by atoms with E-state index in [-0.39, 0.29) is 10.3 Å². The van der Waals surface area contributed by atoms with Crippen LogP contribution in [-0.2, 0) is 10.0 Å². The van der Waals surface area contributed by atoms with Crippen LogP contribution in [0.25, 0.3) is 0 Å². The highest BCUT2D eigenvalue weighted by molar-refractivity contribution is 7.89. The molecule has 2 fully saturated rings. The zero-order valence-electron chi connectivity index (χ0n) is 11.4. The van der Waals surface area contributed by atoms with Gasteiger partial charge in [0.05, 0.1) is 4.90 Å². The minimum atomic E-state index is -3.55. The third kappa shape index (κ3) is 2.54. The fourth-order valence-corrected chi connectivity index (χ4v) is 4.58. The molecule has 0 unspecified atom stereocenters. The van der Waals surface area contributed by atoms with Crippen LogP contribution in [0.5, 0.6) is 0 Å². The summed E-state index contributed by atoms with van der Waals surface area (Å²) in [7, 11) is -3.55. The Kier molecular flexibility index (Phi) is 3.27. The summed E-state index contributed by atoms with van der Waals surface area (Å²) in [6, 6.07) is 3.04. The van der Waals surface area contributed by atoms with Crippen molar-refractivity contribution in [1.29, 1.82) is 0 Å². The monoisotopic (exact) mass is 314 g/mol. The average Bonchev–Trinajstić information content (AvgIpc) is 3.24. The van der Waals surface area contributed by atoms with Gasteiger partial charge < -0.3 is 5.73 Å². The van der Waals surface area contributed by atoms with Crippen LogP contribution in [0, 0.1) is 18.3 Å². The molecule has 2 saturated carbocycles. The fraction of sp³-hybridized carbons (Fsp3) is 0.571. The highest BCUT2D eigenvalue weighted by Gasteiger charge is 2.53. The summed E-state index contributed by atoms with van der Waals surface area (Å²) in [6.07, 6.45) is 4.75. The molecule has 20 heavy (non-hydrogen) atoms. The van der Waals surface area contributed by atoms with Gasteiger partial charge in [0.15, 0.2) is 0 Å². The highest BCUT2D eigenvalue weighted by atomic mass is 35.5. The van der Waals surface area contributed by atoms with Gasteiger partial charge in [0.1, 0.15) is 0 Å². The Labute approximate surface area is 124 Å². The Balaban J connectivity index is 1.81. The van der Waals surface area contributed by atoms with Crippen LogP contribution < -0.4 is 10.5 Å². The zero-order chi connectivity index (χ0) is 14.5. The Morgan fingerprint density at radius 3 is 2.60 bits per heavy atom. The molecule has 0 spiro atoms. The smallest absolute Gasteiger partial charge is 0.240 e. The van der Waals surface area contributed by atoms with Crippen molar-refractivity contribution in [2.24, 2.45) is 11.3 Å². The van der Waals surface area contributed by atoms with E-state index in [0.29, 0.717) is 22.8 Å². The Bertz CT molecular complexity index is 649. The lowest BCUT2D eigenvalue weighted by atomic mass is 10.0. The first-order chi connectivity index (χ1) is 9.34. The first-order valence-electron chi connectivity index (χ1n) is 6.89. The number of sulfonamides is 1. The minimum Gasteiger partial charge on any atom is -0.398 e. The van der Waals surface area contributed by atoms with E-state index in [1.165, 1.54) is 18.9 Å². The van der Waals surface area contributed by atoms with Gasteiger partial charge in [-0.25, -0.2) is 13.1 Å². The molecule has 0 saturated heterocycles. The van der Waals surface area contributed by atoms with E-state index in [1.54, 1.807) is 13.0 Å². The maximum Gasteiger partial charge on any atom is 0.240 e. The lowest BCUT2D eigenvalue weighted by molar-refractivity contribution is 0.432. The third-order valence-corrected chi connectivity index (χ3v) is 6.35. The van der Waals surface area contributed by atoms with Crippen LogP contribution in [0.2, 0.25) is 5.02 Å². The van der Waals surface area contributed by atoms with Crippen molar-refractivity contribution in [3.8, 4) is 0 Å². The van der Waals surface area contributed by atoms with Crippen molar-refractivity contribution in [2.75, 3.05) is 12.3 Å². The minimum absolute atomic E-state index is 0.189. The molecule has 2 aliphatic rings. The zero-order valence-corrected chi connectivity index (χ0v) is 13.0. The van der Waals surface area contributed by atoms with Crippen LogP contribution in [0.4, 0.5) is 5.69 Å². The quantitative estimate of drug-likeness (QED) is 0.821. The molecule has 4 nitrogen and oxygen atoms in total. The van der Waals surface area contributed by atoms with Crippen molar-refractivity contribution < 1.29 is 8.42 Å². The van der Waals surface area contributed by atoms with Crippen molar-refractivity contribution in [1.82, 2.24) is 4.72 Å². The lowest BCUT2D eigenvalue weighted by Gasteiger charge is -2.16. The molecule has 110 valence electrons. The number of hydrogen-bond acceptors (Lipinski definition) is 3. The van der Waals surface area contributed by atoms with Crippen molar-refractivity contribution >= 4 is 27.3 Å². The standard InChI is InChI=1S/C14H19ClN2O2S/c1-9-12(16)6-11(15)7-13(9)20(18,19)17-8-14(4-5-14)10-2-3-10/h6-7,10,17H,2-5,8,16H2,1H3. The molecule has 1 aromatic rings. The molecular weight excluding hydrogens is 296 g/mol. The second kappa shape index (κ2) is 4.61. The van der Waals surface area contributed by atoms with Gasteiger partial charge in [-0.05, 0) is 61.6 Å². The van der Waals surface area contributed by atoms with E-state index in [4.69, 9.17) is 17.3 Å². The predicted octanol–water partition coefficient (Wildman–Crippen LogP) is 2.70. The summed E-state index contributed by atoms with van der Waals surface area (Å²) in [5, 5.41) is 0.344. The van der Waals surface area contributed by atoms with Crippen molar-refractivity contribution in [3.05, 3.63) is 22.7 Å². The highest BCUT2D eigenvalue weighted by Crippen LogP contribution is 2.60. The Morgan fingerprint density at radius 2 is 2.05 bits per heavy atom. The molecule has 0 atom stereocenters. The number of nitrogen functional groups attached to an aromatic ring is 1. The van der Waals surface area contributed by atoms with Gasteiger partial charge in [-0.3, -0.25) is 0 Å². The Morgan fingerprint density at radius 1 is 1.40 bits per heavy atom. The molecule has 1 aromatic carbocycles. The van der Waals surface area contributed by atoms with Gasteiger partial charge in [0, 0.05) is 17.3 Å². The maximum absolute atomic E-state index is 12.4. The van der Waals surface area contributed by atoms with E-state index < -0.39 is 10.0 Å². The van der Waals surface area contributed by atoms with Crippen LogP contribution in [0.1, 0.15) is 31.2 Å². The molecule has 0 amide bonds. The first kappa shape index (κ1) is 14.2. The van der Waals surface area contributed by atoms with Gasteiger partial charge in [0.25, 0.3) is 0 Å². The SMILES string of the molecule is Cc1c(N)cc(Cl)cc1S(=O)(=O)NCC1(C2CC2)CC1. The molecule has 0 radical (unpaired) electrons. The third-order valence-electron chi connectivity index (χ3n) is 4.60. The van der Waals surface area contributed by atoms with Gasteiger partial charge in [-0.2, -0.15) is 0 Å². The van der Waals surface area contributed by atoms with Crippen LogP contribution >= 0.6 is 11.6 Å². The second-order valence-electron chi connectivity index (χ2n) is 6.08. The maximum atomic E-state index is 12.4. The van der Waals surface area contributed by atoms with Gasteiger partial charge in [0.2, 0.25) is 10.0 Å². The predicted molar refractivity (Wildman–Crippen MR) is 80.2 cm³/mol. The normalized spacial score (nSPS) is 20.9. The molecule has 6 heteroatoms. The second-order valence-corrected chi connectivity index (χ2v) is 8.25. The van der Waals surface area contributed by atoms with E-state index in [2.05, 4.69) is 4.72 Å². The van der Waals surface area contributed by atoms with Crippen LogP contribution in [-0.4, -0.2) is 15.0 Å². The molecule has 2 aliphatic carbocycles. The summed E-state index contributed by atoms with van der Waals surface area (Å²) in [4.78, 5) is 0.189. The largest absolute Gasteiger partial charge is 0.398 e. The fourth-order valence-electron chi connectivity index (χ4n) is 2.86. The molecule has 3 rings (SSSR count). The summed E-state index contributed by atoms with van der Waals surface area (Å²) in [5.41, 5.74) is 6.98. The van der Waals surface area contributed by atoms with E-state index in [1.807, 2.05) is 0 Å². The van der Waals surface area contributed by atoms with Crippen LogP contribution in [0.3, 0.4) is 0 Å². The number of rotatable bonds is 5. The van der Waals surface area contributed by atoms with Gasteiger partial charge in [-0.15, -0.1) is 0 Å². The van der Waals surface area contributed by atoms with E-state index in [0.717, 1.165) is 18.8 Å². The Hall–Kier alpha value is -0.780. The molecule has 0 aliphatic heterocycles. The molecule has 3 N–H and O–H groups in total. The summed E-state index contributed by atoms with van der Waals surface area (Å²) >= 11 is 5.92. The lowest BCUT2D eigenvalue weighted by Crippen LogP contribution is -2.31. The van der Waals surface area contributed by atoms with Crippen molar-refractivity contribution in [3.63, 3.8) is 0 Å². The number of hydrogen-bond donors (Lipinski definition) is 2. The first-order valence-corrected chi connectivity index (χ1v) is 8.75. The molecular formula is C14H19ClN2O2S. The summed E-state index contributed by atoms with van der Waals surface area (Å²) in [6.45, 7) is 2.24. The number of nitrogens with one attached hydrogen (secondary N) is 1. The number of benzene rings is 1. The summed E-state index contributed by atoms with van der Waals surface area (Å²) in [5.74, 6) is 0.718. The topological polar surface area (TPSA) is 72.2 Å². The van der Waals surface area contributed by atoms with Crippen molar-refractivity contribution in [2.45, 2.75) is 37.5 Å². The number of halogens is 1. The average molecular weight is 315 g/mol. The molecule has 0 bridgehead atoms. The van der Waals surface area contributed by atoms with Gasteiger partial charge >= 0.3 is 0 Å². The number of nitrogens with two attached hydrogens (primary N) is 1. The molecule has 0 heterocycles. The van der Waals surface area contributed by atoms with E-state index in [9.17, 15) is 8.42 Å². The van der Waals surface area contributed by atoms with Crippen LogP contribution in [0.15, 0.2) is 17.0 Å². The van der Waals surface area contributed by atoms with E-state index >= 15 is 0 Å². The summed E-state index contributed by atoms with van der Waals surface area (Å²) < 4.78 is 27.7. The molecule has 0 aromatic heterocycles. The van der Waals surface area contributed by atoms with Gasteiger partial charge in [-0.1, -0.05) is 11.6 Å². The number of anilines is 1.